The molecule has 3 rings (SSSR count). The van der Waals surface area contributed by atoms with E-state index in [2.05, 4.69) is 9.88 Å². The van der Waals surface area contributed by atoms with Crippen molar-refractivity contribution in [2.45, 2.75) is 12.0 Å². The highest BCUT2D eigenvalue weighted by atomic mass is 32.2. The molecule has 1 saturated heterocycles. The maximum Gasteiger partial charge on any atom is 0.284 e. The Labute approximate surface area is 137 Å². The molecule has 0 saturated carbocycles. The first kappa shape index (κ1) is 16.0. The highest BCUT2D eigenvalue weighted by molar-refractivity contribution is 7.89. The number of piperazine rings is 1. The van der Waals surface area contributed by atoms with E-state index in [4.69, 9.17) is 10.2 Å². The molecule has 124 valence electrons. The van der Waals surface area contributed by atoms with E-state index in [0.29, 0.717) is 26.2 Å². The number of nitrogens with two attached hydrogens (primary N) is 1. The molecule has 3 heterocycles. The predicted octanol–water partition coefficient (Wildman–Crippen LogP) is 0.654. The lowest BCUT2D eigenvalue weighted by atomic mass is 10.4. The molecule has 23 heavy (non-hydrogen) atoms. The number of nitrogens with zero attached hydrogens (tertiary/aromatic N) is 3. The van der Waals surface area contributed by atoms with Crippen LogP contribution in [0.1, 0.15) is 15.4 Å². The van der Waals surface area contributed by atoms with Crippen molar-refractivity contribution in [2.75, 3.05) is 31.1 Å². The van der Waals surface area contributed by atoms with E-state index >= 15 is 0 Å². The molecule has 0 unspecified atom stereocenters. The molecule has 0 atom stereocenters. The van der Waals surface area contributed by atoms with Gasteiger partial charge in [0.2, 0.25) is 5.09 Å². The molecule has 8 nitrogen and oxygen atoms in total. The SMILES string of the molecule is Cc1cnc(N2CCN(S(=O)(=O)c3ccc(C(N)=O)o3)CC2)s1. The Kier molecular flexibility index (Phi) is 4.13. The number of thiazole rings is 1. The Morgan fingerprint density at radius 2 is 2.00 bits per heavy atom. The first-order valence-corrected chi connectivity index (χ1v) is 9.21. The van der Waals surface area contributed by atoms with Gasteiger partial charge in [0.25, 0.3) is 15.9 Å². The van der Waals surface area contributed by atoms with Crippen molar-refractivity contribution in [3.63, 3.8) is 0 Å². The van der Waals surface area contributed by atoms with E-state index in [-0.39, 0.29) is 10.9 Å². The normalized spacial score (nSPS) is 16.7. The Morgan fingerprint density at radius 3 is 2.52 bits per heavy atom. The van der Waals surface area contributed by atoms with Gasteiger partial charge in [-0.25, -0.2) is 13.4 Å². The van der Waals surface area contributed by atoms with E-state index in [0.717, 1.165) is 10.0 Å². The van der Waals surface area contributed by atoms with Crippen LogP contribution in [-0.4, -0.2) is 49.8 Å². The molecule has 0 radical (unpaired) electrons. The lowest BCUT2D eigenvalue weighted by Gasteiger charge is -2.33. The summed E-state index contributed by atoms with van der Waals surface area (Å²) in [7, 11) is -3.76. The van der Waals surface area contributed by atoms with Crippen LogP contribution in [-0.2, 0) is 10.0 Å². The Balaban J connectivity index is 1.71. The van der Waals surface area contributed by atoms with Gasteiger partial charge in [0.1, 0.15) is 0 Å². The van der Waals surface area contributed by atoms with Crippen LogP contribution in [0.15, 0.2) is 27.8 Å². The number of hydrogen-bond donors (Lipinski definition) is 1. The van der Waals surface area contributed by atoms with Crippen molar-refractivity contribution in [1.82, 2.24) is 9.29 Å². The van der Waals surface area contributed by atoms with Gasteiger partial charge in [-0.05, 0) is 19.1 Å². The number of sulfonamides is 1. The summed E-state index contributed by atoms with van der Waals surface area (Å²) in [5.41, 5.74) is 5.08. The molecular weight excluding hydrogens is 340 g/mol. The molecule has 1 aliphatic rings. The van der Waals surface area contributed by atoms with E-state index in [1.165, 1.54) is 16.4 Å². The number of anilines is 1. The number of primary amides is 1. The van der Waals surface area contributed by atoms with Gasteiger partial charge in [0.15, 0.2) is 10.9 Å². The highest BCUT2D eigenvalue weighted by Gasteiger charge is 2.32. The van der Waals surface area contributed by atoms with Gasteiger partial charge in [0.05, 0.1) is 0 Å². The predicted molar refractivity (Wildman–Crippen MR) is 85.0 cm³/mol. The zero-order valence-corrected chi connectivity index (χ0v) is 14.1. The first-order chi connectivity index (χ1) is 10.9. The molecule has 2 aromatic rings. The van der Waals surface area contributed by atoms with Crippen LogP contribution in [0.25, 0.3) is 0 Å². The molecule has 1 aliphatic heterocycles. The van der Waals surface area contributed by atoms with Crippen molar-refractivity contribution in [2.24, 2.45) is 5.73 Å². The quantitative estimate of drug-likeness (QED) is 0.861. The van der Waals surface area contributed by atoms with Crippen LogP contribution in [0.3, 0.4) is 0 Å². The van der Waals surface area contributed by atoms with Crippen molar-refractivity contribution >= 4 is 32.4 Å². The Bertz CT molecular complexity index is 819. The molecule has 0 aromatic carbocycles. The molecule has 0 aliphatic carbocycles. The number of amides is 1. The van der Waals surface area contributed by atoms with Gasteiger partial charge in [0, 0.05) is 37.3 Å². The van der Waals surface area contributed by atoms with Gasteiger partial charge in [-0.1, -0.05) is 0 Å². The third-order valence-electron chi connectivity index (χ3n) is 3.54. The van der Waals surface area contributed by atoms with Gasteiger partial charge in [-0.2, -0.15) is 4.31 Å². The zero-order valence-electron chi connectivity index (χ0n) is 12.4. The molecule has 10 heteroatoms. The lowest BCUT2D eigenvalue weighted by Crippen LogP contribution is -2.48. The van der Waals surface area contributed by atoms with E-state index in [9.17, 15) is 13.2 Å². The minimum Gasteiger partial charge on any atom is -0.438 e. The average Bonchev–Trinajstić information content (AvgIpc) is 3.16. The summed E-state index contributed by atoms with van der Waals surface area (Å²) >= 11 is 1.58. The van der Waals surface area contributed by atoms with Gasteiger partial charge in [-0.15, -0.1) is 11.3 Å². The lowest BCUT2D eigenvalue weighted by molar-refractivity contribution is 0.0968. The molecule has 1 amide bonds. The van der Waals surface area contributed by atoms with Crippen LogP contribution < -0.4 is 10.6 Å². The van der Waals surface area contributed by atoms with E-state index in [1.807, 2.05) is 6.92 Å². The van der Waals surface area contributed by atoms with Crippen LogP contribution in [0.5, 0.6) is 0 Å². The number of aromatic nitrogens is 1. The molecule has 2 aromatic heterocycles. The van der Waals surface area contributed by atoms with Crippen molar-refractivity contribution < 1.29 is 17.6 Å². The van der Waals surface area contributed by atoms with Gasteiger partial charge in [-0.3, -0.25) is 4.79 Å². The highest BCUT2D eigenvalue weighted by Crippen LogP contribution is 2.25. The van der Waals surface area contributed by atoms with Crippen LogP contribution >= 0.6 is 11.3 Å². The molecular formula is C13H16N4O4S2. The summed E-state index contributed by atoms with van der Waals surface area (Å²) in [5.74, 6) is -0.962. The zero-order chi connectivity index (χ0) is 16.6. The summed E-state index contributed by atoms with van der Waals surface area (Å²) in [6, 6.07) is 2.52. The standard InChI is InChI=1S/C13H16N4O4S2/c1-9-8-15-13(22-9)16-4-6-17(7-5-16)23(19,20)11-3-2-10(21-11)12(14)18/h2-3,8H,4-7H2,1H3,(H2,14,18). The monoisotopic (exact) mass is 356 g/mol. The fourth-order valence-electron chi connectivity index (χ4n) is 2.33. The fourth-order valence-corrected chi connectivity index (χ4v) is 4.47. The summed E-state index contributed by atoms with van der Waals surface area (Å²) in [6.45, 7) is 3.74. The van der Waals surface area contributed by atoms with Crippen LogP contribution in [0.4, 0.5) is 5.13 Å². The van der Waals surface area contributed by atoms with Gasteiger partial charge < -0.3 is 15.1 Å². The molecule has 0 bridgehead atoms. The van der Waals surface area contributed by atoms with Crippen LogP contribution in [0, 0.1) is 6.92 Å². The Hall–Kier alpha value is -1.91. The van der Waals surface area contributed by atoms with E-state index in [1.54, 1.807) is 17.5 Å². The smallest absolute Gasteiger partial charge is 0.284 e. The van der Waals surface area contributed by atoms with Gasteiger partial charge >= 0.3 is 0 Å². The minimum absolute atomic E-state index is 0.166. The second-order valence-corrected chi connectivity index (χ2v) is 8.21. The summed E-state index contributed by atoms with van der Waals surface area (Å²) in [4.78, 5) is 18.5. The number of carbonyl (C=O) groups is 1. The maximum absolute atomic E-state index is 12.5. The summed E-state index contributed by atoms with van der Waals surface area (Å²) in [6.07, 6.45) is 1.80. The third-order valence-corrected chi connectivity index (χ3v) is 6.28. The number of rotatable bonds is 4. The summed E-state index contributed by atoms with van der Waals surface area (Å²) in [5, 5.41) is 0.637. The topological polar surface area (TPSA) is 110 Å². The Morgan fingerprint density at radius 1 is 1.30 bits per heavy atom. The maximum atomic E-state index is 12.5. The minimum atomic E-state index is -3.76. The second-order valence-electron chi connectivity index (χ2n) is 5.13. The average molecular weight is 356 g/mol. The van der Waals surface area contributed by atoms with Crippen LogP contribution in [0.2, 0.25) is 0 Å². The molecule has 0 spiro atoms. The van der Waals surface area contributed by atoms with Crippen molar-refractivity contribution in [3.05, 3.63) is 29.0 Å². The molecule has 1 fully saturated rings. The largest absolute Gasteiger partial charge is 0.438 e. The van der Waals surface area contributed by atoms with Crippen molar-refractivity contribution in [3.8, 4) is 0 Å². The van der Waals surface area contributed by atoms with Crippen molar-refractivity contribution in [1.29, 1.82) is 0 Å². The first-order valence-electron chi connectivity index (χ1n) is 6.95. The van der Waals surface area contributed by atoms with E-state index < -0.39 is 15.9 Å². The number of hydrogen-bond acceptors (Lipinski definition) is 7. The second kappa shape index (κ2) is 5.95. The number of furan rings is 1. The summed E-state index contributed by atoms with van der Waals surface area (Å²) < 4.78 is 31.4. The number of carbonyl (C=O) groups excluding carboxylic acids is 1. The number of aryl methyl sites for hydroxylation is 1. The fraction of sp³-hybridized carbons (Fsp3) is 0.385. The molecule has 2 N–H and O–H groups in total. The third kappa shape index (κ3) is 3.09.